The average molecular weight is 296 g/mol. The van der Waals surface area contributed by atoms with E-state index < -0.39 is 24.7 Å². The van der Waals surface area contributed by atoms with Crippen molar-refractivity contribution >= 4 is 5.91 Å². The van der Waals surface area contributed by atoms with Crippen molar-refractivity contribution in [1.29, 1.82) is 0 Å². The van der Waals surface area contributed by atoms with Gasteiger partial charge in [0.2, 0.25) is 5.91 Å². The van der Waals surface area contributed by atoms with E-state index in [1.807, 2.05) is 13.8 Å². The van der Waals surface area contributed by atoms with Gasteiger partial charge in [-0.25, -0.2) is 0 Å². The van der Waals surface area contributed by atoms with E-state index in [-0.39, 0.29) is 12.0 Å². The van der Waals surface area contributed by atoms with Gasteiger partial charge in [0.05, 0.1) is 6.04 Å². The molecule has 1 rings (SSSR count). The number of nitrogens with zero attached hydrogens (tertiary/aromatic N) is 1. The molecule has 1 aliphatic heterocycles. The van der Waals surface area contributed by atoms with Gasteiger partial charge in [-0.15, -0.1) is 0 Å². The van der Waals surface area contributed by atoms with Crippen molar-refractivity contribution in [3.8, 4) is 0 Å². The SMILES string of the molecule is CC(C)C(NC1CCOCC1)C(=O)N(C)CC(F)(F)F. The molecule has 4 nitrogen and oxygen atoms in total. The van der Waals surface area contributed by atoms with E-state index in [1.165, 1.54) is 7.05 Å². The Morgan fingerprint density at radius 3 is 2.35 bits per heavy atom. The first kappa shape index (κ1) is 17.2. The summed E-state index contributed by atoms with van der Waals surface area (Å²) >= 11 is 0. The molecule has 1 saturated heterocycles. The van der Waals surface area contributed by atoms with Crippen molar-refractivity contribution in [3.63, 3.8) is 0 Å². The molecule has 0 saturated carbocycles. The highest BCUT2D eigenvalue weighted by Gasteiger charge is 2.35. The molecule has 1 heterocycles. The van der Waals surface area contributed by atoms with Crippen LogP contribution in [0, 0.1) is 5.92 Å². The van der Waals surface area contributed by atoms with Gasteiger partial charge in [0.15, 0.2) is 0 Å². The van der Waals surface area contributed by atoms with E-state index in [0.717, 1.165) is 17.7 Å². The minimum Gasteiger partial charge on any atom is -0.381 e. The molecule has 1 N–H and O–H groups in total. The summed E-state index contributed by atoms with van der Waals surface area (Å²) in [5, 5.41) is 3.18. The first-order valence-corrected chi connectivity index (χ1v) is 6.86. The van der Waals surface area contributed by atoms with Gasteiger partial charge in [0, 0.05) is 26.3 Å². The predicted octanol–water partition coefficient (Wildman–Crippen LogP) is 1.80. The molecule has 0 aromatic heterocycles. The fourth-order valence-electron chi connectivity index (χ4n) is 2.25. The van der Waals surface area contributed by atoms with Crippen molar-refractivity contribution in [1.82, 2.24) is 10.2 Å². The van der Waals surface area contributed by atoms with Gasteiger partial charge in [0.25, 0.3) is 0 Å². The molecule has 1 fully saturated rings. The standard InChI is InChI=1S/C13H23F3N2O2/c1-9(2)11(17-10-4-6-20-7-5-10)12(19)18(3)8-13(14,15)16/h9-11,17H,4-8H2,1-3H3. The van der Waals surface area contributed by atoms with Crippen LogP contribution < -0.4 is 5.32 Å². The molecule has 7 heteroatoms. The summed E-state index contributed by atoms with van der Waals surface area (Å²) in [5.74, 6) is -0.579. The van der Waals surface area contributed by atoms with E-state index >= 15 is 0 Å². The minimum atomic E-state index is -4.37. The maximum absolute atomic E-state index is 12.4. The van der Waals surface area contributed by atoms with Crippen molar-refractivity contribution in [2.75, 3.05) is 26.8 Å². The number of ether oxygens (including phenoxy) is 1. The maximum Gasteiger partial charge on any atom is 0.406 e. The highest BCUT2D eigenvalue weighted by molar-refractivity contribution is 5.82. The monoisotopic (exact) mass is 296 g/mol. The Balaban J connectivity index is 2.62. The Bertz CT molecular complexity index is 315. The summed E-state index contributed by atoms with van der Waals surface area (Å²) in [7, 11) is 1.19. The molecule has 0 spiro atoms. The topological polar surface area (TPSA) is 41.6 Å². The summed E-state index contributed by atoms with van der Waals surface area (Å²) in [5.41, 5.74) is 0. The third-order valence-corrected chi connectivity index (χ3v) is 3.36. The van der Waals surface area contributed by atoms with Crippen LogP contribution in [0.5, 0.6) is 0 Å². The normalized spacial score (nSPS) is 19.1. The second-order valence-corrected chi connectivity index (χ2v) is 5.58. The number of nitrogens with one attached hydrogen (secondary N) is 1. The number of rotatable bonds is 5. The molecule has 1 aliphatic rings. The Kier molecular flexibility index (Phi) is 6.26. The third kappa shape index (κ3) is 5.66. The molecule has 0 aromatic rings. The van der Waals surface area contributed by atoms with Crippen molar-refractivity contribution in [3.05, 3.63) is 0 Å². The lowest BCUT2D eigenvalue weighted by atomic mass is 9.99. The molecule has 20 heavy (non-hydrogen) atoms. The fraction of sp³-hybridized carbons (Fsp3) is 0.923. The van der Waals surface area contributed by atoms with Gasteiger partial charge >= 0.3 is 6.18 Å². The van der Waals surface area contributed by atoms with Crippen LogP contribution in [-0.2, 0) is 9.53 Å². The number of hydrogen-bond acceptors (Lipinski definition) is 3. The van der Waals surface area contributed by atoms with Crippen LogP contribution in [0.4, 0.5) is 13.2 Å². The predicted molar refractivity (Wildman–Crippen MR) is 69.3 cm³/mol. The van der Waals surface area contributed by atoms with Gasteiger partial charge < -0.3 is 15.0 Å². The van der Waals surface area contributed by atoms with Gasteiger partial charge in [-0.2, -0.15) is 13.2 Å². The first-order chi connectivity index (χ1) is 9.20. The molecule has 118 valence electrons. The van der Waals surface area contributed by atoms with Gasteiger partial charge in [-0.1, -0.05) is 13.8 Å². The number of hydrogen-bond donors (Lipinski definition) is 1. The van der Waals surface area contributed by atoms with E-state index in [2.05, 4.69) is 5.32 Å². The highest BCUT2D eigenvalue weighted by atomic mass is 19.4. The maximum atomic E-state index is 12.4. The number of carbonyl (C=O) groups excluding carboxylic acids is 1. The zero-order valence-electron chi connectivity index (χ0n) is 12.2. The highest BCUT2D eigenvalue weighted by Crippen LogP contribution is 2.18. The Morgan fingerprint density at radius 1 is 1.35 bits per heavy atom. The minimum absolute atomic E-state index is 0.0685. The molecule has 0 radical (unpaired) electrons. The number of halogens is 3. The number of likely N-dealkylation sites (N-methyl/N-ethyl adjacent to an activating group) is 1. The number of carbonyl (C=O) groups is 1. The third-order valence-electron chi connectivity index (χ3n) is 3.36. The van der Waals surface area contributed by atoms with Crippen molar-refractivity contribution in [2.24, 2.45) is 5.92 Å². The Hall–Kier alpha value is -0.820. The van der Waals surface area contributed by atoms with Crippen LogP contribution in [0.15, 0.2) is 0 Å². The Morgan fingerprint density at radius 2 is 1.90 bits per heavy atom. The second kappa shape index (κ2) is 7.26. The second-order valence-electron chi connectivity index (χ2n) is 5.58. The van der Waals surface area contributed by atoms with Crippen molar-refractivity contribution in [2.45, 2.75) is 44.9 Å². The Labute approximate surface area is 117 Å². The molecular weight excluding hydrogens is 273 g/mol. The molecule has 1 unspecified atom stereocenters. The molecule has 0 bridgehead atoms. The van der Waals surface area contributed by atoms with Crippen LogP contribution >= 0.6 is 0 Å². The molecule has 1 atom stereocenters. The molecular formula is C13H23F3N2O2. The van der Waals surface area contributed by atoms with E-state index in [0.29, 0.717) is 13.2 Å². The lowest BCUT2D eigenvalue weighted by Gasteiger charge is -2.32. The summed E-state index contributed by atoms with van der Waals surface area (Å²) in [6.45, 7) is 3.68. The molecule has 0 aromatic carbocycles. The summed E-state index contributed by atoms with van der Waals surface area (Å²) in [4.78, 5) is 12.9. The summed E-state index contributed by atoms with van der Waals surface area (Å²) in [6, 6.07) is -0.468. The molecule has 0 aliphatic carbocycles. The molecule has 1 amide bonds. The quantitative estimate of drug-likeness (QED) is 0.841. The van der Waals surface area contributed by atoms with Gasteiger partial charge in [-0.05, 0) is 18.8 Å². The summed E-state index contributed by atoms with van der Waals surface area (Å²) < 4.78 is 42.3. The zero-order chi connectivity index (χ0) is 15.3. The van der Waals surface area contributed by atoms with Gasteiger partial charge in [0.1, 0.15) is 6.54 Å². The first-order valence-electron chi connectivity index (χ1n) is 6.86. The van der Waals surface area contributed by atoms with E-state index in [4.69, 9.17) is 4.74 Å². The smallest absolute Gasteiger partial charge is 0.381 e. The largest absolute Gasteiger partial charge is 0.406 e. The van der Waals surface area contributed by atoms with Crippen LogP contribution in [-0.4, -0.2) is 55.9 Å². The lowest BCUT2D eigenvalue weighted by Crippen LogP contribution is -2.53. The van der Waals surface area contributed by atoms with E-state index in [1.54, 1.807) is 0 Å². The van der Waals surface area contributed by atoms with Gasteiger partial charge in [-0.3, -0.25) is 4.79 Å². The van der Waals surface area contributed by atoms with Crippen LogP contribution in [0.1, 0.15) is 26.7 Å². The fourth-order valence-corrected chi connectivity index (χ4v) is 2.25. The van der Waals surface area contributed by atoms with Crippen LogP contribution in [0.25, 0.3) is 0 Å². The number of alkyl halides is 3. The van der Waals surface area contributed by atoms with E-state index in [9.17, 15) is 18.0 Å². The number of amides is 1. The summed E-state index contributed by atoms with van der Waals surface area (Å²) in [6.07, 6.45) is -2.82. The van der Waals surface area contributed by atoms with Crippen LogP contribution in [0.2, 0.25) is 0 Å². The zero-order valence-corrected chi connectivity index (χ0v) is 12.2. The van der Waals surface area contributed by atoms with Crippen LogP contribution in [0.3, 0.4) is 0 Å². The van der Waals surface area contributed by atoms with Crippen molar-refractivity contribution < 1.29 is 22.7 Å². The lowest BCUT2D eigenvalue weighted by molar-refractivity contribution is -0.160. The average Bonchev–Trinajstić information content (AvgIpc) is 2.34.